The Morgan fingerprint density at radius 3 is 2.50 bits per heavy atom. The summed E-state index contributed by atoms with van der Waals surface area (Å²) in [5.74, 6) is -0.663. The quantitative estimate of drug-likeness (QED) is 0.768. The molecule has 1 N–H and O–H groups in total. The number of carbonyl (C=O) groups excluding carboxylic acids is 1. The number of nitrogens with one attached hydrogen (secondary N) is 1. The number of halogens is 1. The summed E-state index contributed by atoms with van der Waals surface area (Å²) in [4.78, 5) is 12.7. The van der Waals surface area contributed by atoms with Crippen LogP contribution in [0.25, 0.3) is 0 Å². The van der Waals surface area contributed by atoms with E-state index in [-0.39, 0.29) is 23.9 Å². The highest BCUT2D eigenvalue weighted by atomic mass is 32.2. The zero-order chi connectivity index (χ0) is 15.2. The molecule has 7 heteroatoms. The van der Waals surface area contributed by atoms with Crippen LogP contribution in [-0.2, 0) is 14.8 Å². The van der Waals surface area contributed by atoms with E-state index >= 15 is 0 Å². The van der Waals surface area contributed by atoms with Gasteiger partial charge in [-0.05, 0) is 24.3 Å². The molecule has 5 nitrogen and oxygen atoms in total. The van der Waals surface area contributed by atoms with Crippen molar-refractivity contribution in [2.75, 3.05) is 19.6 Å². The number of hydrogen-bond donors (Lipinski definition) is 1. The Morgan fingerprint density at radius 2 is 2.00 bits per heavy atom. The van der Waals surface area contributed by atoms with E-state index in [1.807, 2.05) is 0 Å². The van der Waals surface area contributed by atoms with Gasteiger partial charge in [0.05, 0.1) is 4.90 Å². The van der Waals surface area contributed by atoms with Crippen LogP contribution in [0.5, 0.6) is 0 Å². The summed E-state index contributed by atoms with van der Waals surface area (Å²) in [5, 5.41) is 0. The number of benzene rings is 1. The van der Waals surface area contributed by atoms with Crippen molar-refractivity contribution in [1.29, 1.82) is 0 Å². The van der Waals surface area contributed by atoms with Gasteiger partial charge in [0.1, 0.15) is 5.82 Å². The summed E-state index contributed by atoms with van der Waals surface area (Å²) in [6.07, 6.45) is 1.57. The fraction of sp³-hybridized carbons (Fsp3) is 0.308. The highest BCUT2D eigenvalue weighted by Crippen LogP contribution is 2.09. The molecule has 0 aliphatic rings. The Hall–Kier alpha value is -1.73. The van der Waals surface area contributed by atoms with Crippen LogP contribution in [0.3, 0.4) is 0 Å². The van der Waals surface area contributed by atoms with Crippen molar-refractivity contribution in [3.63, 3.8) is 0 Å². The highest BCUT2D eigenvalue weighted by Gasteiger charge is 2.14. The van der Waals surface area contributed by atoms with Gasteiger partial charge in [0.2, 0.25) is 15.9 Å². The fourth-order valence-corrected chi connectivity index (χ4v) is 2.57. The molecule has 20 heavy (non-hydrogen) atoms. The number of hydrogen-bond acceptors (Lipinski definition) is 3. The minimum atomic E-state index is -3.69. The van der Waals surface area contributed by atoms with Crippen molar-refractivity contribution < 1.29 is 17.6 Å². The molecule has 0 spiro atoms. The average molecular weight is 300 g/mol. The van der Waals surface area contributed by atoms with E-state index in [9.17, 15) is 17.6 Å². The molecule has 0 saturated heterocycles. The van der Waals surface area contributed by atoms with Gasteiger partial charge in [-0.15, -0.1) is 6.58 Å². The topological polar surface area (TPSA) is 66.5 Å². The first-order valence-corrected chi connectivity index (χ1v) is 7.47. The molecule has 0 aromatic heterocycles. The molecule has 0 bridgehead atoms. The third-order valence-corrected chi connectivity index (χ3v) is 4.07. The van der Waals surface area contributed by atoms with Crippen LogP contribution in [-0.4, -0.2) is 38.9 Å². The maximum Gasteiger partial charge on any atom is 0.240 e. The van der Waals surface area contributed by atoms with Gasteiger partial charge in [-0.3, -0.25) is 4.79 Å². The molecule has 1 amide bonds. The van der Waals surface area contributed by atoms with Crippen LogP contribution in [0.4, 0.5) is 4.39 Å². The summed E-state index contributed by atoms with van der Waals surface area (Å²) in [5.41, 5.74) is 0. The van der Waals surface area contributed by atoms with Crippen LogP contribution >= 0.6 is 0 Å². The van der Waals surface area contributed by atoms with E-state index < -0.39 is 15.8 Å². The van der Waals surface area contributed by atoms with Crippen LogP contribution < -0.4 is 4.72 Å². The Labute approximate surface area is 118 Å². The van der Waals surface area contributed by atoms with Crippen LogP contribution in [0, 0.1) is 5.82 Å². The van der Waals surface area contributed by atoms with Gasteiger partial charge in [-0.2, -0.15) is 0 Å². The molecule has 1 aromatic rings. The minimum absolute atomic E-state index is 0.0167. The maximum absolute atomic E-state index is 12.7. The summed E-state index contributed by atoms with van der Waals surface area (Å²) in [6.45, 7) is 5.60. The third kappa shape index (κ3) is 4.75. The highest BCUT2D eigenvalue weighted by molar-refractivity contribution is 7.89. The largest absolute Gasteiger partial charge is 0.338 e. The monoisotopic (exact) mass is 300 g/mol. The van der Waals surface area contributed by atoms with Gasteiger partial charge in [0.25, 0.3) is 0 Å². The first-order chi connectivity index (χ1) is 9.36. The van der Waals surface area contributed by atoms with Crippen molar-refractivity contribution in [3.8, 4) is 0 Å². The molecule has 0 aliphatic carbocycles. The molecule has 0 radical (unpaired) electrons. The minimum Gasteiger partial charge on any atom is -0.338 e. The fourth-order valence-electron chi connectivity index (χ4n) is 1.55. The standard InChI is InChI=1S/C13H17FN2O3S/c1-3-9-16(11(2)17)10-8-15-20(18,19)13-6-4-12(14)5-7-13/h3-7,15H,1,8-10H2,2H3. The predicted octanol–water partition coefficient (Wildman–Crippen LogP) is 1.14. The second kappa shape index (κ2) is 7.16. The lowest BCUT2D eigenvalue weighted by Crippen LogP contribution is -2.37. The van der Waals surface area contributed by atoms with Crippen molar-refractivity contribution in [1.82, 2.24) is 9.62 Å². The van der Waals surface area contributed by atoms with Gasteiger partial charge >= 0.3 is 0 Å². The van der Waals surface area contributed by atoms with Crippen molar-refractivity contribution in [3.05, 3.63) is 42.7 Å². The van der Waals surface area contributed by atoms with E-state index in [0.717, 1.165) is 12.1 Å². The molecular weight excluding hydrogens is 283 g/mol. The van der Waals surface area contributed by atoms with Gasteiger partial charge in [-0.1, -0.05) is 6.08 Å². The smallest absolute Gasteiger partial charge is 0.240 e. The Bertz CT molecular complexity index is 570. The molecule has 110 valence electrons. The summed E-state index contributed by atoms with van der Waals surface area (Å²) in [6, 6.07) is 4.52. The summed E-state index contributed by atoms with van der Waals surface area (Å²) in [7, 11) is -3.69. The molecule has 0 aliphatic heterocycles. The maximum atomic E-state index is 12.7. The van der Waals surface area contributed by atoms with Crippen LogP contribution in [0.2, 0.25) is 0 Å². The molecule has 1 rings (SSSR count). The number of sulfonamides is 1. The van der Waals surface area contributed by atoms with Crippen molar-refractivity contribution in [2.45, 2.75) is 11.8 Å². The van der Waals surface area contributed by atoms with Gasteiger partial charge in [0, 0.05) is 26.6 Å². The third-order valence-electron chi connectivity index (χ3n) is 2.59. The van der Waals surface area contributed by atoms with E-state index in [1.165, 1.54) is 24.0 Å². The van der Waals surface area contributed by atoms with Gasteiger partial charge in [0.15, 0.2) is 0 Å². The number of carbonyl (C=O) groups is 1. The molecular formula is C13H17FN2O3S. The molecule has 0 saturated carbocycles. The van der Waals surface area contributed by atoms with Gasteiger partial charge < -0.3 is 4.90 Å². The first kappa shape index (κ1) is 16.3. The Kier molecular flexibility index (Phi) is 5.84. The zero-order valence-electron chi connectivity index (χ0n) is 11.2. The van der Waals surface area contributed by atoms with E-state index in [1.54, 1.807) is 6.08 Å². The zero-order valence-corrected chi connectivity index (χ0v) is 12.0. The number of rotatable bonds is 7. The average Bonchev–Trinajstić information content (AvgIpc) is 2.38. The van der Waals surface area contributed by atoms with Crippen molar-refractivity contribution >= 4 is 15.9 Å². The van der Waals surface area contributed by atoms with Crippen LogP contribution in [0.15, 0.2) is 41.8 Å². The summed E-state index contributed by atoms with van der Waals surface area (Å²) >= 11 is 0. The molecule has 0 atom stereocenters. The van der Waals surface area contributed by atoms with Crippen molar-refractivity contribution in [2.24, 2.45) is 0 Å². The lowest BCUT2D eigenvalue weighted by molar-refractivity contribution is -0.128. The van der Waals surface area contributed by atoms with E-state index in [4.69, 9.17) is 0 Å². The first-order valence-electron chi connectivity index (χ1n) is 5.98. The van der Waals surface area contributed by atoms with E-state index in [0.29, 0.717) is 6.54 Å². The second-order valence-electron chi connectivity index (χ2n) is 4.11. The van der Waals surface area contributed by atoms with Gasteiger partial charge in [-0.25, -0.2) is 17.5 Å². The lowest BCUT2D eigenvalue weighted by Gasteiger charge is -2.19. The molecule has 1 aromatic carbocycles. The van der Waals surface area contributed by atoms with E-state index in [2.05, 4.69) is 11.3 Å². The summed E-state index contributed by atoms with van der Waals surface area (Å²) < 4.78 is 38.9. The second-order valence-corrected chi connectivity index (χ2v) is 5.87. The Morgan fingerprint density at radius 1 is 1.40 bits per heavy atom. The SMILES string of the molecule is C=CCN(CCNS(=O)(=O)c1ccc(F)cc1)C(C)=O. The molecule has 0 unspecified atom stereocenters. The van der Waals surface area contributed by atoms with Crippen LogP contribution in [0.1, 0.15) is 6.92 Å². The normalized spacial score (nSPS) is 11.1. The molecule has 0 fully saturated rings. The number of nitrogens with zero attached hydrogens (tertiary/aromatic N) is 1. The lowest BCUT2D eigenvalue weighted by atomic mass is 10.4. The molecule has 0 heterocycles. The predicted molar refractivity (Wildman–Crippen MR) is 74.0 cm³/mol. The number of amides is 1. The Balaban J connectivity index is 2.61.